The molecule has 0 saturated heterocycles. The van der Waals surface area contributed by atoms with E-state index in [2.05, 4.69) is 17.2 Å². The minimum Gasteiger partial charge on any atom is -0.491 e. The molecule has 0 fully saturated rings. The smallest absolute Gasteiger partial charge is 0.145 e. The number of anilines is 1. The third kappa shape index (κ3) is 2.08. The van der Waals surface area contributed by atoms with Gasteiger partial charge < -0.3 is 10.1 Å². The van der Waals surface area contributed by atoms with E-state index in [0.29, 0.717) is 0 Å². The molecular weight excluding hydrogens is 200 g/mol. The van der Waals surface area contributed by atoms with Gasteiger partial charge in [-0.15, -0.1) is 0 Å². The molecular formula is C13H16N2O. The van der Waals surface area contributed by atoms with Gasteiger partial charge in [-0.05, 0) is 24.6 Å². The molecule has 3 heteroatoms. The van der Waals surface area contributed by atoms with Gasteiger partial charge in [0, 0.05) is 12.4 Å². The van der Waals surface area contributed by atoms with Crippen LogP contribution in [0.3, 0.4) is 0 Å². The topological polar surface area (TPSA) is 34.1 Å². The van der Waals surface area contributed by atoms with Crippen molar-refractivity contribution in [1.82, 2.24) is 4.98 Å². The van der Waals surface area contributed by atoms with Crippen molar-refractivity contribution in [3.05, 3.63) is 30.3 Å². The molecule has 0 aliphatic carbocycles. The van der Waals surface area contributed by atoms with Crippen LogP contribution >= 0.6 is 0 Å². The van der Waals surface area contributed by atoms with Crippen molar-refractivity contribution in [2.45, 2.75) is 13.3 Å². The molecule has 2 rings (SSSR count). The molecule has 1 N–H and O–H groups in total. The molecule has 0 saturated carbocycles. The molecule has 0 bridgehead atoms. The Morgan fingerprint density at radius 3 is 2.88 bits per heavy atom. The summed E-state index contributed by atoms with van der Waals surface area (Å²) in [7, 11) is 1.86. The molecule has 1 aromatic heterocycles. The number of para-hydroxylation sites is 1. The molecule has 1 heterocycles. The number of ether oxygens (including phenoxy) is 1. The average molecular weight is 216 g/mol. The van der Waals surface area contributed by atoms with Crippen LogP contribution in [0.4, 0.5) is 5.82 Å². The number of aromatic nitrogens is 1. The molecule has 0 radical (unpaired) electrons. The van der Waals surface area contributed by atoms with Crippen molar-refractivity contribution in [3.8, 4) is 5.75 Å². The maximum absolute atomic E-state index is 5.68. The van der Waals surface area contributed by atoms with Crippen LogP contribution in [0.2, 0.25) is 0 Å². The predicted octanol–water partition coefficient (Wildman–Crippen LogP) is 3.07. The Kier molecular flexibility index (Phi) is 3.25. The molecule has 0 aliphatic heterocycles. The highest BCUT2D eigenvalue weighted by Crippen LogP contribution is 2.25. The Labute approximate surface area is 95.5 Å². The molecule has 16 heavy (non-hydrogen) atoms. The minimum absolute atomic E-state index is 0.727. The van der Waals surface area contributed by atoms with Gasteiger partial charge in [-0.25, -0.2) is 4.98 Å². The number of nitrogens with one attached hydrogen (secondary N) is 1. The summed E-state index contributed by atoms with van der Waals surface area (Å²) >= 11 is 0. The summed E-state index contributed by atoms with van der Waals surface area (Å²) < 4.78 is 5.68. The third-order valence-electron chi connectivity index (χ3n) is 2.40. The fraction of sp³-hybridized carbons (Fsp3) is 0.308. The number of hydrogen-bond donors (Lipinski definition) is 1. The van der Waals surface area contributed by atoms with Crippen molar-refractivity contribution in [2.75, 3.05) is 19.0 Å². The predicted molar refractivity (Wildman–Crippen MR) is 67.1 cm³/mol. The molecule has 0 unspecified atom stereocenters. The molecule has 3 nitrogen and oxygen atoms in total. The molecule has 0 spiro atoms. The van der Waals surface area contributed by atoms with Crippen LogP contribution in [0.15, 0.2) is 30.3 Å². The number of rotatable bonds is 4. The van der Waals surface area contributed by atoms with Gasteiger partial charge >= 0.3 is 0 Å². The lowest BCUT2D eigenvalue weighted by Crippen LogP contribution is -1.98. The standard InChI is InChI=1S/C13H16N2O/c1-3-9-16-11-6-4-5-10-7-8-12(14-2)15-13(10)11/h4-8H,3,9H2,1-2H3,(H,14,15). The summed E-state index contributed by atoms with van der Waals surface area (Å²) in [5, 5.41) is 4.14. The van der Waals surface area contributed by atoms with E-state index < -0.39 is 0 Å². The van der Waals surface area contributed by atoms with E-state index in [9.17, 15) is 0 Å². The maximum atomic E-state index is 5.68. The number of fused-ring (bicyclic) bond motifs is 1. The van der Waals surface area contributed by atoms with Crippen LogP contribution in [-0.2, 0) is 0 Å². The second-order valence-corrected chi connectivity index (χ2v) is 3.62. The number of nitrogens with zero attached hydrogens (tertiary/aromatic N) is 1. The highest BCUT2D eigenvalue weighted by Gasteiger charge is 2.03. The monoisotopic (exact) mass is 216 g/mol. The molecule has 2 aromatic rings. The van der Waals surface area contributed by atoms with E-state index in [1.165, 1.54) is 0 Å². The van der Waals surface area contributed by atoms with Crippen LogP contribution < -0.4 is 10.1 Å². The summed E-state index contributed by atoms with van der Waals surface area (Å²) in [6.45, 7) is 2.82. The fourth-order valence-electron chi connectivity index (χ4n) is 1.59. The van der Waals surface area contributed by atoms with Gasteiger partial charge in [0.15, 0.2) is 0 Å². The lowest BCUT2D eigenvalue weighted by atomic mass is 10.2. The quantitative estimate of drug-likeness (QED) is 0.852. The second kappa shape index (κ2) is 4.84. The van der Waals surface area contributed by atoms with E-state index in [-0.39, 0.29) is 0 Å². The summed E-state index contributed by atoms with van der Waals surface area (Å²) in [6, 6.07) is 10.0. The van der Waals surface area contributed by atoms with Gasteiger partial charge in [0.1, 0.15) is 17.1 Å². The normalized spacial score (nSPS) is 10.4. The van der Waals surface area contributed by atoms with Crippen LogP contribution in [0.5, 0.6) is 5.75 Å². The fourth-order valence-corrected chi connectivity index (χ4v) is 1.59. The van der Waals surface area contributed by atoms with Crippen molar-refractivity contribution < 1.29 is 4.74 Å². The van der Waals surface area contributed by atoms with Crippen LogP contribution in [-0.4, -0.2) is 18.6 Å². The van der Waals surface area contributed by atoms with Gasteiger partial charge in [0.2, 0.25) is 0 Å². The Morgan fingerprint density at radius 2 is 2.12 bits per heavy atom. The first kappa shape index (κ1) is 10.7. The lowest BCUT2D eigenvalue weighted by molar-refractivity contribution is 0.320. The van der Waals surface area contributed by atoms with E-state index >= 15 is 0 Å². The van der Waals surface area contributed by atoms with Gasteiger partial charge in [0.25, 0.3) is 0 Å². The zero-order chi connectivity index (χ0) is 11.4. The van der Waals surface area contributed by atoms with Gasteiger partial charge in [-0.3, -0.25) is 0 Å². The minimum atomic E-state index is 0.727. The van der Waals surface area contributed by atoms with Crippen molar-refractivity contribution in [3.63, 3.8) is 0 Å². The van der Waals surface area contributed by atoms with Crippen molar-refractivity contribution >= 4 is 16.7 Å². The Morgan fingerprint density at radius 1 is 1.25 bits per heavy atom. The van der Waals surface area contributed by atoms with Gasteiger partial charge in [-0.2, -0.15) is 0 Å². The largest absolute Gasteiger partial charge is 0.491 e. The maximum Gasteiger partial charge on any atom is 0.145 e. The van der Waals surface area contributed by atoms with Gasteiger partial charge in [0.05, 0.1) is 6.61 Å². The van der Waals surface area contributed by atoms with E-state index in [1.807, 2.05) is 37.4 Å². The zero-order valence-corrected chi connectivity index (χ0v) is 9.66. The number of benzene rings is 1. The van der Waals surface area contributed by atoms with Crippen molar-refractivity contribution in [2.24, 2.45) is 0 Å². The summed E-state index contributed by atoms with van der Waals surface area (Å²) in [5.74, 6) is 1.72. The van der Waals surface area contributed by atoms with Crippen LogP contribution in [0, 0.1) is 0 Å². The highest BCUT2D eigenvalue weighted by molar-refractivity contribution is 5.85. The molecule has 1 aromatic carbocycles. The zero-order valence-electron chi connectivity index (χ0n) is 9.66. The summed E-state index contributed by atoms with van der Waals surface area (Å²) in [5.41, 5.74) is 0.919. The number of hydrogen-bond acceptors (Lipinski definition) is 3. The molecule has 84 valence electrons. The summed E-state index contributed by atoms with van der Waals surface area (Å²) in [6.07, 6.45) is 1.00. The third-order valence-corrected chi connectivity index (χ3v) is 2.40. The Hall–Kier alpha value is -1.77. The lowest BCUT2D eigenvalue weighted by Gasteiger charge is -2.08. The van der Waals surface area contributed by atoms with Crippen molar-refractivity contribution in [1.29, 1.82) is 0 Å². The van der Waals surface area contributed by atoms with E-state index in [0.717, 1.165) is 35.5 Å². The number of pyridine rings is 1. The second-order valence-electron chi connectivity index (χ2n) is 3.62. The highest BCUT2D eigenvalue weighted by atomic mass is 16.5. The first-order valence-corrected chi connectivity index (χ1v) is 5.55. The van der Waals surface area contributed by atoms with Crippen LogP contribution in [0.25, 0.3) is 10.9 Å². The van der Waals surface area contributed by atoms with Crippen LogP contribution in [0.1, 0.15) is 13.3 Å². The molecule has 0 amide bonds. The molecule has 0 aliphatic rings. The average Bonchev–Trinajstić information content (AvgIpc) is 2.35. The first-order chi connectivity index (χ1) is 7.85. The van der Waals surface area contributed by atoms with E-state index in [4.69, 9.17) is 4.74 Å². The first-order valence-electron chi connectivity index (χ1n) is 5.55. The van der Waals surface area contributed by atoms with E-state index in [1.54, 1.807) is 0 Å². The Bertz CT molecular complexity index is 482. The Balaban J connectivity index is 2.46. The summed E-state index contributed by atoms with van der Waals surface area (Å²) in [4.78, 5) is 4.51. The van der Waals surface area contributed by atoms with Gasteiger partial charge in [-0.1, -0.05) is 19.1 Å². The SMILES string of the molecule is CCCOc1cccc2ccc(NC)nc12. The molecule has 0 atom stereocenters.